The third kappa shape index (κ3) is 5.41. The number of carbonyl (C=O) groups excluding carboxylic acids is 2. The molecule has 166 valence electrons. The van der Waals surface area contributed by atoms with Crippen LogP contribution in [0, 0.1) is 12.8 Å². The molecule has 3 aromatic rings. The van der Waals surface area contributed by atoms with Crippen LogP contribution in [0.4, 0.5) is 4.79 Å². The molecule has 2 amide bonds. The number of nitrogens with one attached hydrogen (secondary N) is 2. The molecule has 0 radical (unpaired) electrons. The number of aromatic nitrogens is 3. The highest BCUT2D eigenvalue weighted by Crippen LogP contribution is 2.29. The van der Waals surface area contributed by atoms with Crippen LogP contribution in [-0.4, -0.2) is 46.0 Å². The Morgan fingerprint density at radius 2 is 2.10 bits per heavy atom. The molecule has 0 saturated carbocycles. The van der Waals surface area contributed by atoms with Crippen LogP contribution in [0.15, 0.2) is 23.6 Å². The lowest BCUT2D eigenvalue weighted by molar-refractivity contribution is 0.0946. The van der Waals surface area contributed by atoms with Gasteiger partial charge in [-0.15, -0.1) is 11.3 Å². The minimum absolute atomic E-state index is 0.222. The topological polar surface area (TPSA) is 98.1 Å². The van der Waals surface area contributed by atoms with Gasteiger partial charge in [0.2, 0.25) is 0 Å². The minimum Gasteiger partial charge on any atom is -0.450 e. The van der Waals surface area contributed by atoms with Crippen molar-refractivity contribution < 1.29 is 14.3 Å². The third-order valence-electron chi connectivity index (χ3n) is 4.85. The number of hydrogen-bond acceptors (Lipinski definition) is 6. The molecule has 2 N–H and O–H groups in total. The lowest BCUT2D eigenvalue weighted by atomic mass is 10.0. The lowest BCUT2D eigenvalue weighted by Gasteiger charge is -2.21. The Balaban J connectivity index is 1.87. The van der Waals surface area contributed by atoms with E-state index in [9.17, 15) is 9.59 Å². The van der Waals surface area contributed by atoms with Crippen LogP contribution >= 0.6 is 11.3 Å². The SMILES string of the molecule is CCOC(=O)NC(CNC(=O)c1cc(-c2cccs2)nc2c1c(C)nn2C)CC(C)C. The molecule has 8 nitrogen and oxygen atoms in total. The van der Waals surface area contributed by atoms with E-state index in [1.165, 1.54) is 0 Å². The number of carbonyl (C=O) groups is 2. The van der Waals surface area contributed by atoms with Gasteiger partial charge in [-0.1, -0.05) is 19.9 Å². The van der Waals surface area contributed by atoms with E-state index in [4.69, 9.17) is 9.72 Å². The van der Waals surface area contributed by atoms with Crippen molar-refractivity contribution in [2.45, 2.75) is 40.2 Å². The number of pyridine rings is 1. The van der Waals surface area contributed by atoms with Gasteiger partial charge in [-0.25, -0.2) is 9.78 Å². The quantitative estimate of drug-likeness (QED) is 0.550. The number of hydrogen-bond donors (Lipinski definition) is 2. The summed E-state index contributed by atoms with van der Waals surface area (Å²) in [6.45, 7) is 8.37. The highest BCUT2D eigenvalue weighted by atomic mass is 32.1. The van der Waals surface area contributed by atoms with Gasteiger partial charge in [-0.3, -0.25) is 9.48 Å². The van der Waals surface area contributed by atoms with Crippen molar-refractivity contribution in [3.8, 4) is 10.6 Å². The number of rotatable bonds is 8. The summed E-state index contributed by atoms with van der Waals surface area (Å²) in [7, 11) is 1.82. The molecule has 0 aliphatic carbocycles. The molecule has 3 rings (SSSR count). The smallest absolute Gasteiger partial charge is 0.407 e. The number of ether oxygens (including phenoxy) is 1. The Kier molecular flexibility index (Phi) is 7.27. The first kappa shape index (κ1) is 22.7. The fourth-order valence-corrected chi connectivity index (χ4v) is 4.27. The van der Waals surface area contributed by atoms with Gasteiger partial charge in [-0.2, -0.15) is 5.10 Å². The second-order valence-corrected chi connectivity index (χ2v) is 8.79. The van der Waals surface area contributed by atoms with E-state index in [0.29, 0.717) is 30.3 Å². The number of amides is 2. The molecule has 3 aromatic heterocycles. The number of thiophene rings is 1. The average molecular weight is 444 g/mol. The minimum atomic E-state index is -0.475. The van der Waals surface area contributed by atoms with Crippen LogP contribution in [0.5, 0.6) is 0 Å². The maximum atomic E-state index is 13.2. The molecule has 0 aromatic carbocycles. The van der Waals surface area contributed by atoms with Crippen molar-refractivity contribution >= 4 is 34.4 Å². The summed E-state index contributed by atoms with van der Waals surface area (Å²) in [4.78, 5) is 30.8. The van der Waals surface area contributed by atoms with Crippen molar-refractivity contribution in [3.05, 3.63) is 34.8 Å². The summed E-state index contributed by atoms with van der Waals surface area (Å²) in [6, 6.07) is 5.52. The molecule has 0 spiro atoms. The number of alkyl carbamates (subject to hydrolysis) is 1. The van der Waals surface area contributed by atoms with E-state index in [1.54, 1.807) is 22.9 Å². The average Bonchev–Trinajstić information content (AvgIpc) is 3.34. The first-order valence-electron chi connectivity index (χ1n) is 10.4. The molecule has 1 unspecified atom stereocenters. The number of aryl methyl sites for hydroxylation is 2. The Bertz CT molecular complexity index is 1060. The van der Waals surface area contributed by atoms with Gasteiger partial charge in [-0.05, 0) is 43.7 Å². The predicted octanol–water partition coefficient (Wildman–Crippen LogP) is 3.90. The molecule has 0 saturated heterocycles. The van der Waals surface area contributed by atoms with Crippen LogP contribution in [0.3, 0.4) is 0 Å². The zero-order valence-corrected chi connectivity index (χ0v) is 19.4. The lowest BCUT2D eigenvalue weighted by Crippen LogP contribution is -2.44. The first-order chi connectivity index (χ1) is 14.8. The standard InChI is InChI=1S/C22H29N5O3S/c1-6-30-22(29)24-15(10-13(2)3)12-23-21(28)16-11-17(18-8-7-9-31-18)25-20-19(16)14(4)26-27(20)5/h7-9,11,13,15H,6,10,12H2,1-5H3,(H,23,28)(H,24,29). The third-order valence-corrected chi connectivity index (χ3v) is 5.74. The highest BCUT2D eigenvalue weighted by molar-refractivity contribution is 7.13. The number of fused-ring (bicyclic) bond motifs is 1. The molecule has 0 aliphatic rings. The molecule has 3 heterocycles. The van der Waals surface area contributed by atoms with E-state index in [2.05, 4.69) is 29.6 Å². The summed E-state index contributed by atoms with van der Waals surface area (Å²) in [6.07, 6.45) is 0.244. The summed E-state index contributed by atoms with van der Waals surface area (Å²) in [5.41, 5.74) is 2.67. The zero-order chi connectivity index (χ0) is 22.5. The zero-order valence-electron chi connectivity index (χ0n) is 18.6. The van der Waals surface area contributed by atoms with Crippen molar-refractivity contribution in [2.75, 3.05) is 13.2 Å². The van der Waals surface area contributed by atoms with E-state index in [1.807, 2.05) is 37.6 Å². The van der Waals surface area contributed by atoms with Gasteiger partial charge in [0.25, 0.3) is 5.91 Å². The molecule has 9 heteroatoms. The van der Waals surface area contributed by atoms with Crippen molar-refractivity contribution in [3.63, 3.8) is 0 Å². The Morgan fingerprint density at radius 1 is 1.32 bits per heavy atom. The molecule has 1 atom stereocenters. The summed E-state index contributed by atoms with van der Waals surface area (Å²) in [5, 5.41) is 13.0. The van der Waals surface area contributed by atoms with E-state index in [-0.39, 0.29) is 11.9 Å². The summed E-state index contributed by atoms with van der Waals surface area (Å²) in [5.74, 6) is 0.128. The van der Waals surface area contributed by atoms with Crippen LogP contribution in [0.1, 0.15) is 43.2 Å². The van der Waals surface area contributed by atoms with Crippen molar-refractivity contribution in [1.82, 2.24) is 25.4 Å². The molecule has 0 bridgehead atoms. The second kappa shape index (κ2) is 9.91. The summed E-state index contributed by atoms with van der Waals surface area (Å²) < 4.78 is 6.69. The predicted molar refractivity (Wildman–Crippen MR) is 122 cm³/mol. The van der Waals surface area contributed by atoms with Gasteiger partial charge >= 0.3 is 6.09 Å². The Morgan fingerprint density at radius 3 is 2.74 bits per heavy atom. The maximum absolute atomic E-state index is 13.2. The molecule has 0 aliphatic heterocycles. The molecular weight excluding hydrogens is 414 g/mol. The van der Waals surface area contributed by atoms with Gasteiger partial charge in [0.1, 0.15) is 0 Å². The van der Waals surface area contributed by atoms with Crippen molar-refractivity contribution in [1.29, 1.82) is 0 Å². The maximum Gasteiger partial charge on any atom is 0.407 e. The number of nitrogens with zero attached hydrogens (tertiary/aromatic N) is 3. The van der Waals surface area contributed by atoms with Gasteiger partial charge in [0.15, 0.2) is 5.65 Å². The van der Waals surface area contributed by atoms with Gasteiger partial charge in [0.05, 0.1) is 33.8 Å². The molecular formula is C22H29N5O3S. The van der Waals surface area contributed by atoms with E-state index >= 15 is 0 Å². The summed E-state index contributed by atoms with van der Waals surface area (Å²) >= 11 is 1.57. The van der Waals surface area contributed by atoms with Crippen molar-refractivity contribution in [2.24, 2.45) is 13.0 Å². The second-order valence-electron chi connectivity index (χ2n) is 7.84. The largest absolute Gasteiger partial charge is 0.450 e. The Hall–Kier alpha value is -2.94. The van der Waals surface area contributed by atoms with Gasteiger partial charge in [0, 0.05) is 19.6 Å². The van der Waals surface area contributed by atoms with E-state index in [0.717, 1.165) is 28.1 Å². The molecule has 0 fully saturated rings. The van der Waals surface area contributed by atoms with E-state index < -0.39 is 6.09 Å². The van der Waals surface area contributed by atoms with Crippen LogP contribution in [0.25, 0.3) is 21.6 Å². The fraction of sp³-hybridized carbons (Fsp3) is 0.455. The molecule has 31 heavy (non-hydrogen) atoms. The van der Waals surface area contributed by atoms with Gasteiger partial charge < -0.3 is 15.4 Å². The monoisotopic (exact) mass is 443 g/mol. The highest BCUT2D eigenvalue weighted by Gasteiger charge is 2.21. The van der Waals surface area contributed by atoms with Crippen LogP contribution < -0.4 is 10.6 Å². The Labute approximate surface area is 186 Å². The van der Waals surface area contributed by atoms with Crippen LogP contribution in [0.2, 0.25) is 0 Å². The normalized spacial score (nSPS) is 12.2. The first-order valence-corrected chi connectivity index (χ1v) is 11.3. The fourth-order valence-electron chi connectivity index (χ4n) is 3.59. The van der Waals surface area contributed by atoms with Crippen LogP contribution in [-0.2, 0) is 11.8 Å².